The van der Waals surface area contributed by atoms with Crippen LogP contribution in [0.4, 0.5) is 0 Å². The molecule has 1 aliphatic rings. The summed E-state index contributed by atoms with van der Waals surface area (Å²) in [5.41, 5.74) is 6.25. The van der Waals surface area contributed by atoms with Crippen LogP contribution in [0.3, 0.4) is 0 Å². The zero-order valence-electron chi connectivity index (χ0n) is 12.4. The summed E-state index contributed by atoms with van der Waals surface area (Å²) in [5.74, 6) is 3.25. The molecule has 2 atom stereocenters. The molecular weight excluding hydrogens is 208 g/mol. The van der Waals surface area contributed by atoms with Gasteiger partial charge in [-0.15, -0.1) is 0 Å². The molecule has 0 aliphatic heterocycles. The van der Waals surface area contributed by atoms with E-state index in [4.69, 9.17) is 5.73 Å². The third-order valence-electron chi connectivity index (χ3n) is 4.00. The van der Waals surface area contributed by atoms with Crippen LogP contribution in [0, 0.1) is 23.7 Å². The number of rotatable bonds is 8. The van der Waals surface area contributed by atoms with Crippen molar-refractivity contribution in [1.82, 2.24) is 5.32 Å². The molecule has 1 fully saturated rings. The minimum Gasteiger partial charge on any atom is -0.329 e. The Morgan fingerprint density at radius 3 is 1.94 bits per heavy atom. The molecule has 0 aromatic rings. The van der Waals surface area contributed by atoms with E-state index in [1.54, 1.807) is 0 Å². The number of hydrogen-bond donors (Lipinski definition) is 2. The predicted octanol–water partition coefficient (Wildman–Crippen LogP) is 3.02. The number of nitrogens with one attached hydrogen (secondary N) is 1. The number of hydrogen-bond acceptors (Lipinski definition) is 2. The lowest BCUT2D eigenvalue weighted by Crippen LogP contribution is -2.53. The van der Waals surface area contributed by atoms with Crippen LogP contribution < -0.4 is 11.1 Å². The molecule has 1 saturated carbocycles. The summed E-state index contributed by atoms with van der Waals surface area (Å²) in [6.45, 7) is 13.5. The molecule has 0 aromatic carbocycles. The Morgan fingerprint density at radius 1 is 1.18 bits per heavy atom. The third kappa shape index (κ3) is 4.97. The Hall–Kier alpha value is -0.0800. The molecule has 0 spiro atoms. The van der Waals surface area contributed by atoms with E-state index in [1.807, 2.05) is 0 Å². The molecule has 2 nitrogen and oxygen atoms in total. The molecule has 0 saturated heterocycles. The summed E-state index contributed by atoms with van der Waals surface area (Å²) in [6, 6.07) is 0. The lowest BCUT2D eigenvalue weighted by atomic mass is 9.81. The first-order chi connectivity index (χ1) is 7.88. The fourth-order valence-electron chi connectivity index (χ4n) is 3.06. The average molecular weight is 240 g/mol. The van der Waals surface area contributed by atoms with Crippen LogP contribution >= 0.6 is 0 Å². The van der Waals surface area contributed by atoms with Crippen molar-refractivity contribution in [2.24, 2.45) is 29.4 Å². The highest BCUT2D eigenvalue weighted by Gasteiger charge is 2.36. The molecule has 102 valence electrons. The predicted molar refractivity (Wildman–Crippen MR) is 76.0 cm³/mol. The van der Waals surface area contributed by atoms with Gasteiger partial charge in [-0.3, -0.25) is 0 Å². The molecular formula is C15H32N2. The molecule has 0 heterocycles. The van der Waals surface area contributed by atoms with Gasteiger partial charge in [-0.25, -0.2) is 0 Å². The maximum Gasteiger partial charge on any atom is 0.0309 e. The van der Waals surface area contributed by atoms with Crippen molar-refractivity contribution in [3.8, 4) is 0 Å². The van der Waals surface area contributed by atoms with E-state index in [0.29, 0.717) is 11.8 Å². The summed E-state index contributed by atoms with van der Waals surface area (Å²) in [7, 11) is 0. The molecule has 0 aromatic heterocycles. The number of nitrogens with two attached hydrogens (primary N) is 1. The Balaban J connectivity index is 2.53. The summed E-state index contributed by atoms with van der Waals surface area (Å²) >= 11 is 0. The Morgan fingerprint density at radius 2 is 1.65 bits per heavy atom. The fraction of sp³-hybridized carbons (Fsp3) is 1.00. The molecule has 2 unspecified atom stereocenters. The molecule has 0 radical (unpaired) electrons. The Bertz CT molecular complexity index is 213. The van der Waals surface area contributed by atoms with Gasteiger partial charge >= 0.3 is 0 Å². The highest BCUT2D eigenvalue weighted by atomic mass is 15.0. The lowest BCUT2D eigenvalue weighted by molar-refractivity contribution is 0.226. The molecule has 2 heteroatoms. The first-order valence-corrected chi connectivity index (χ1v) is 7.33. The van der Waals surface area contributed by atoms with E-state index < -0.39 is 0 Å². The zero-order chi connectivity index (χ0) is 13.1. The van der Waals surface area contributed by atoms with Crippen molar-refractivity contribution >= 4 is 0 Å². The van der Waals surface area contributed by atoms with Crippen LogP contribution in [0.5, 0.6) is 0 Å². The van der Waals surface area contributed by atoms with Crippen LogP contribution in [0.2, 0.25) is 0 Å². The molecule has 0 bridgehead atoms. The summed E-state index contributed by atoms with van der Waals surface area (Å²) in [4.78, 5) is 0. The van der Waals surface area contributed by atoms with E-state index in [9.17, 15) is 0 Å². The van der Waals surface area contributed by atoms with Gasteiger partial charge in [0.2, 0.25) is 0 Å². The van der Waals surface area contributed by atoms with Crippen LogP contribution in [0.1, 0.15) is 53.9 Å². The lowest BCUT2D eigenvalue weighted by Gasteiger charge is -2.37. The first-order valence-electron chi connectivity index (χ1n) is 7.33. The summed E-state index contributed by atoms with van der Waals surface area (Å²) < 4.78 is 0. The van der Waals surface area contributed by atoms with Gasteiger partial charge in [0.1, 0.15) is 0 Å². The standard InChI is InChI=1S/C15H32N2/c1-11(2)7-15(10-16,8-12(3)4)17-9-14-6-13(14)5/h11-14,17H,6-10,16H2,1-5H3. The normalized spacial score (nSPS) is 24.7. The van der Waals surface area contributed by atoms with Gasteiger partial charge in [0, 0.05) is 12.1 Å². The van der Waals surface area contributed by atoms with Crippen LogP contribution in [-0.2, 0) is 0 Å². The van der Waals surface area contributed by atoms with Crippen LogP contribution in [0.25, 0.3) is 0 Å². The van der Waals surface area contributed by atoms with E-state index >= 15 is 0 Å². The Kier molecular flexibility index (Phi) is 5.46. The molecule has 17 heavy (non-hydrogen) atoms. The quantitative estimate of drug-likeness (QED) is 0.684. The monoisotopic (exact) mass is 240 g/mol. The van der Waals surface area contributed by atoms with Gasteiger partial charge in [-0.1, -0.05) is 34.6 Å². The van der Waals surface area contributed by atoms with Gasteiger partial charge in [0.15, 0.2) is 0 Å². The van der Waals surface area contributed by atoms with Gasteiger partial charge in [-0.2, -0.15) is 0 Å². The second-order valence-corrected chi connectivity index (χ2v) is 7.03. The van der Waals surface area contributed by atoms with Crippen molar-refractivity contribution in [3.05, 3.63) is 0 Å². The summed E-state index contributed by atoms with van der Waals surface area (Å²) in [5, 5.41) is 3.81. The summed E-state index contributed by atoms with van der Waals surface area (Å²) in [6.07, 6.45) is 3.79. The maximum absolute atomic E-state index is 6.08. The van der Waals surface area contributed by atoms with Crippen molar-refractivity contribution < 1.29 is 0 Å². The zero-order valence-corrected chi connectivity index (χ0v) is 12.4. The molecule has 1 rings (SSSR count). The van der Waals surface area contributed by atoms with Gasteiger partial charge in [0.05, 0.1) is 0 Å². The molecule has 0 amide bonds. The average Bonchev–Trinajstić information content (AvgIpc) is 2.89. The topological polar surface area (TPSA) is 38.0 Å². The van der Waals surface area contributed by atoms with E-state index in [-0.39, 0.29) is 5.54 Å². The van der Waals surface area contributed by atoms with Gasteiger partial charge in [0.25, 0.3) is 0 Å². The van der Waals surface area contributed by atoms with Crippen molar-refractivity contribution in [2.75, 3.05) is 13.1 Å². The van der Waals surface area contributed by atoms with Crippen LogP contribution in [0.15, 0.2) is 0 Å². The van der Waals surface area contributed by atoms with Gasteiger partial charge in [-0.05, 0) is 49.5 Å². The van der Waals surface area contributed by atoms with E-state index in [2.05, 4.69) is 39.9 Å². The largest absolute Gasteiger partial charge is 0.329 e. The third-order valence-corrected chi connectivity index (χ3v) is 4.00. The highest BCUT2D eigenvalue weighted by Crippen LogP contribution is 2.37. The van der Waals surface area contributed by atoms with Gasteiger partial charge < -0.3 is 11.1 Å². The van der Waals surface area contributed by atoms with Crippen molar-refractivity contribution in [1.29, 1.82) is 0 Å². The highest BCUT2D eigenvalue weighted by molar-refractivity contribution is 4.94. The smallest absolute Gasteiger partial charge is 0.0309 e. The minimum atomic E-state index is 0.171. The van der Waals surface area contributed by atoms with E-state index in [0.717, 1.165) is 24.9 Å². The second-order valence-electron chi connectivity index (χ2n) is 7.03. The maximum atomic E-state index is 6.08. The van der Waals surface area contributed by atoms with Crippen LogP contribution in [-0.4, -0.2) is 18.6 Å². The van der Waals surface area contributed by atoms with E-state index in [1.165, 1.54) is 19.3 Å². The Labute approximate surface area is 108 Å². The molecule has 3 N–H and O–H groups in total. The second kappa shape index (κ2) is 6.19. The van der Waals surface area contributed by atoms with Crippen molar-refractivity contribution in [3.63, 3.8) is 0 Å². The van der Waals surface area contributed by atoms with Crippen molar-refractivity contribution in [2.45, 2.75) is 59.4 Å². The fourth-order valence-corrected chi connectivity index (χ4v) is 3.06. The molecule has 1 aliphatic carbocycles. The SMILES string of the molecule is CC(C)CC(CN)(CC(C)C)NCC1CC1C. The first kappa shape index (κ1) is 15.0. The minimum absolute atomic E-state index is 0.171.